The number of hydrogen-bond acceptors (Lipinski definition) is 4. The molecule has 1 aromatic heterocycles. The Labute approximate surface area is 126 Å². The fourth-order valence-electron chi connectivity index (χ4n) is 2.06. The molecule has 0 saturated carbocycles. The first kappa shape index (κ1) is 15.7. The van der Waals surface area contributed by atoms with Crippen molar-refractivity contribution < 1.29 is 4.74 Å². The van der Waals surface area contributed by atoms with Crippen molar-refractivity contribution in [2.24, 2.45) is 0 Å². The Morgan fingerprint density at radius 2 is 2.00 bits per heavy atom. The molecule has 5 heteroatoms. The number of aromatic nitrogens is 3. The summed E-state index contributed by atoms with van der Waals surface area (Å²) in [6, 6.07) is 8.69. The highest BCUT2D eigenvalue weighted by atomic mass is 16.5. The summed E-state index contributed by atoms with van der Waals surface area (Å²) >= 11 is 0. The average Bonchev–Trinajstić information content (AvgIpc) is 2.92. The molecule has 0 spiro atoms. The summed E-state index contributed by atoms with van der Waals surface area (Å²) in [5.41, 5.74) is 2.60. The number of nitrogens with one attached hydrogen (secondary N) is 1. The van der Waals surface area contributed by atoms with Crippen LogP contribution in [0.5, 0.6) is 0 Å². The van der Waals surface area contributed by atoms with Gasteiger partial charge in [-0.1, -0.05) is 38.1 Å². The summed E-state index contributed by atoms with van der Waals surface area (Å²) < 4.78 is 6.85. The number of methoxy groups -OCH3 is 1. The van der Waals surface area contributed by atoms with Crippen LogP contribution in [0.25, 0.3) is 0 Å². The minimum Gasteiger partial charge on any atom is -0.383 e. The lowest BCUT2D eigenvalue weighted by molar-refractivity contribution is 0.199. The molecule has 0 fully saturated rings. The highest BCUT2D eigenvalue weighted by Gasteiger charge is 2.03. The predicted octanol–water partition coefficient (Wildman–Crippen LogP) is 2.19. The average molecular weight is 288 g/mol. The second-order valence-electron chi connectivity index (χ2n) is 5.42. The van der Waals surface area contributed by atoms with Crippen LogP contribution in [0, 0.1) is 0 Å². The number of rotatable bonds is 8. The van der Waals surface area contributed by atoms with Crippen LogP contribution in [0.2, 0.25) is 0 Å². The number of ether oxygens (including phenoxy) is 1. The SMILES string of the molecule is COCCNCc1ncn(Cc2ccc(C(C)C)cc2)n1. The molecule has 0 aliphatic carbocycles. The third-order valence-electron chi connectivity index (χ3n) is 3.34. The topological polar surface area (TPSA) is 52.0 Å². The van der Waals surface area contributed by atoms with E-state index < -0.39 is 0 Å². The molecule has 1 aromatic carbocycles. The first-order valence-corrected chi connectivity index (χ1v) is 7.36. The number of benzene rings is 1. The normalized spacial score (nSPS) is 11.2. The lowest BCUT2D eigenvalue weighted by Crippen LogP contribution is -2.19. The maximum atomic E-state index is 4.98. The van der Waals surface area contributed by atoms with Crippen molar-refractivity contribution in [2.45, 2.75) is 32.9 Å². The smallest absolute Gasteiger partial charge is 0.164 e. The molecule has 21 heavy (non-hydrogen) atoms. The van der Waals surface area contributed by atoms with Crippen LogP contribution in [0.15, 0.2) is 30.6 Å². The largest absolute Gasteiger partial charge is 0.383 e. The Kier molecular flexibility index (Phi) is 5.90. The molecule has 114 valence electrons. The van der Waals surface area contributed by atoms with E-state index in [1.54, 1.807) is 13.4 Å². The molecule has 2 rings (SSSR count). The van der Waals surface area contributed by atoms with Crippen molar-refractivity contribution >= 4 is 0 Å². The molecule has 2 aromatic rings. The second-order valence-corrected chi connectivity index (χ2v) is 5.42. The van der Waals surface area contributed by atoms with Gasteiger partial charge in [0.1, 0.15) is 6.33 Å². The van der Waals surface area contributed by atoms with Gasteiger partial charge in [0.15, 0.2) is 5.82 Å². The molecule has 0 bridgehead atoms. The molecule has 1 N–H and O–H groups in total. The van der Waals surface area contributed by atoms with Crippen molar-refractivity contribution in [2.75, 3.05) is 20.3 Å². The molecule has 5 nitrogen and oxygen atoms in total. The summed E-state index contributed by atoms with van der Waals surface area (Å²) in [4.78, 5) is 4.30. The Hall–Kier alpha value is -1.72. The first-order valence-electron chi connectivity index (χ1n) is 7.36. The van der Waals surface area contributed by atoms with Gasteiger partial charge in [-0.25, -0.2) is 9.67 Å². The van der Waals surface area contributed by atoms with E-state index in [1.807, 2.05) is 4.68 Å². The van der Waals surface area contributed by atoms with Crippen LogP contribution in [0.3, 0.4) is 0 Å². The molecular weight excluding hydrogens is 264 g/mol. The second kappa shape index (κ2) is 7.90. The predicted molar refractivity (Wildman–Crippen MR) is 83.2 cm³/mol. The minimum atomic E-state index is 0.565. The summed E-state index contributed by atoms with van der Waals surface area (Å²) in [5, 5.41) is 7.70. The summed E-state index contributed by atoms with van der Waals surface area (Å²) in [6.07, 6.45) is 1.78. The molecule has 1 heterocycles. The van der Waals surface area contributed by atoms with Crippen LogP contribution >= 0.6 is 0 Å². The maximum absolute atomic E-state index is 4.98. The lowest BCUT2D eigenvalue weighted by Gasteiger charge is -2.06. The Bertz CT molecular complexity index is 533. The van der Waals surface area contributed by atoms with Crippen LogP contribution in [0.1, 0.15) is 36.7 Å². The van der Waals surface area contributed by atoms with Crippen molar-refractivity contribution in [3.63, 3.8) is 0 Å². The van der Waals surface area contributed by atoms with Gasteiger partial charge in [0.05, 0.1) is 19.7 Å². The van der Waals surface area contributed by atoms with Crippen LogP contribution < -0.4 is 5.32 Å². The van der Waals surface area contributed by atoms with Gasteiger partial charge in [0.25, 0.3) is 0 Å². The van der Waals surface area contributed by atoms with E-state index >= 15 is 0 Å². The van der Waals surface area contributed by atoms with E-state index in [9.17, 15) is 0 Å². The lowest BCUT2D eigenvalue weighted by atomic mass is 10.0. The van der Waals surface area contributed by atoms with Crippen LogP contribution in [0.4, 0.5) is 0 Å². The number of hydrogen-bond donors (Lipinski definition) is 1. The molecule has 0 aliphatic heterocycles. The van der Waals surface area contributed by atoms with E-state index in [2.05, 4.69) is 53.5 Å². The molecule has 0 saturated heterocycles. The molecule has 0 radical (unpaired) electrons. The van der Waals surface area contributed by atoms with Gasteiger partial charge in [0.2, 0.25) is 0 Å². The fourth-order valence-corrected chi connectivity index (χ4v) is 2.06. The minimum absolute atomic E-state index is 0.565. The third-order valence-corrected chi connectivity index (χ3v) is 3.34. The zero-order valence-electron chi connectivity index (χ0n) is 13.0. The standard InChI is InChI=1S/C16H24N4O/c1-13(2)15-6-4-14(5-7-15)11-20-12-18-16(19-20)10-17-8-9-21-3/h4-7,12-13,17H,8-11H2,1-3H3. The molecule has 0 aliphatic rings. The quantitative estimate of drug-likeness (QED) is 0.757. The van der Waals surface area contributed by atoms with E-state index in [0.29, 0.717) is 19.1 Å². The Balaban J connectivity index is 1.86. The van der Waals surface area contributed by atoms with Gasteiger partial charge in [-0.3, -0.25) is 0 Å². The van der Waals surface area contributed by atoms with E-state index in [0.717, 1.165) is 18.9 Å². The maximum Gasteiger partial charge on any atom is 0.164 e. The molecule has 0 unspecified atom stereocenters. The monoisotopic (exact) mass is 288 g/mol. The van der Waals surface area contributed by atoms with E-state index in [-0.39, 0.29) is 0 Å². The van der Waals surface area contributed by atoms with Crippen LogP contribution in [-0.2, 0) is 17.8 Å². The van der Waals surface area contributed by atoms with Gasteiger partial charge in [-0.15, -0.1) is 0 Å². The van der Waals surface area contributed by atoms with Gasteiger partial charge in [-0.05, 0) is 17.0 Å². The Morgan fingerprint density at radius 3 is 2.67 bits per heavy atom. The summed E-state index contributed by atoms with van der Waals surface area (Å²) in [6.45, 7) is 7.33. The molecule has 0 amide bonds. The highest BCUT2D eigenvalue weighted by molar-refractivity contribution is 5.24. The van der Waals surface area contributed by atoms with E-state index in [4.69, 9.17) is 4.74 Å². The fraction of sp³-hybridized carbons (Fsp3) is 0.500. The number of nitrogens with zero attached hydrogens (tertiary/aromatic N) is 3. The summed E-state index contributed by atoms with van der Waals surface area (Å²) in [5.74, 6) is 1.38. The van der Waals surface area contributed by atoms with Crippen molar-refractivity contribution in [1.29, 1.82) is 0 Å². The first-order chi connectivity index (χ1) is 10.2. The van der Waals surface area contributed by atoms with E-state index in [1.165, 1.54) is 11.1 Å². The zero-order chi connectivity index (χ0) is 15.1. The van der Waals surface area contributed by atoms with Gasteiger partial charge < -0.3 is 10.1 Å². The summed E-state index contributed by atoms with van der Waals surface area (Å²) in [7, 11) is 1.69. The zero-order valence-corrected chi connectivity index (χ0v) is 13.0. The van der Waals surface area contributed by atoms with Crippen molar-refractivity contribution in [3.05, 3.63) is 47.5 Å². The van der Waals surface area contributed by atoms with Gasteiger partial charge in [0, 0.05) is 13.7 Å². The highest BCUT2D eigenvalue weighted by Crippen LogP contribution is 2.15. The van der Waals surface area contributed by atoms with Crippen molar-refractivity contribution in [3.8, 4) is 0 Å². The third kappa shape index (κ3) is 4.95. The molecular formula is C16H24N4O. The molecule has 0 atom stereocenters. The Morgan fingerprint density at radius 1 is 1.24 bits per heavy atom. The van der Waals surface area contributed by atoms with Crippen molar-refractivity contribution in [1.82, 2.24) is 20.1 Å². The van der Waals surface area contributed by atoms with Crippen LogP contribution in [-0.4, -0.2) is 35.0 Å². The van der Waals surface area contributed by atoms with Gasteiger partial charge >= 0.3 is 0 Å². The van der Waals surface area contributed by atoms with Gasteiger partial charge in [-0.2, -0.15) is 5.10 Å².